The fourth-order valence-corrected chi connectivity index (χ4v) is 3.88. The molecule has 3 N–H and O–H groups in total. The summed E-state index contributed by atoms with van der Waals surface area (Å²) in [6, 6.07) is 13.7. The first-order chi connectivity index (χ1) is 15.3. The Balaban J connectivity index is 1.68. The molecule has 0 aliphatic heterocycles. The summed E-state index contributed by atoms with van der Waals surface area (Å²) in [4.78, 5) is 12.3. The van der Waals surface area contributed by atoms with Crippen LogP contribution >= 0.6 is 0 Å². The summed E-state index contributed by atoms with van der Waals surface area (Å²) < 4.78 is 27.0. The molecule has 1 aromatic heterocycles. The van der Waals surface area contributed by atoms with Crippen molar-refractivity contribution >= 4 is 21.7 Å². The minimum atomic E-state index is -3.82. The number of nitrogens with one attached hydrogen (secondary N) is 2. The zero-order valence-electron chi connectivity index (χ0n) is 17.9. The van der Waals surface area contributed by atoms with Gasteiger partial charge >= 0.3 is 5.97 Å². The van der Waals surface area contributed by atoms with E-state index >= 15 is 0 Å². The molecule has 0 saturated heterocycles. The minimum Gasteiger partial charge on any atom is -0.481 e. The van der Waals surface area contributed by atoms with Crippen molar-refractivity contribution in [3.8, 4) is 17.1 Å². The number of sulfonamides is 1. The van der Waals surface area contributed by atoms with E-state index in [1.54, 1.807) is 12.1 Å². The van der Waals surface area contributed by atoms with Gasteiger partial charge in [0.25, 0.3) is 0 Å². The summed E-state index contributed by atoms with van der Waals surface area (Å²) in [5.74, 6) is -1.55. The molecule has 170 valence electrons. The molecule has 2 aromatic carbocycles. The third-order valence-electron chi connectivity index (χ3n) is 4.80. The van der Waals surface area contributed by atoms with Gasteiger partial charge in [-0.15, -0.1) is 15.0 Å². The molecule has 0 radical (unpaired) electrons. The lowest BCUT2D eigenvalue weighted by Gasteiger charge is -2.09. The molecule has 0 saturated carbocycles. The number of rotatable bonds is 11. The summed E-state index contributed by atoms with van der Waals surface area (Å²) in [7, 11) is -3.82. The van der Waals surface area contributed by atoms with Gasteiger partial charge in [-0.1, -0.05) is 20.3 Å². The Morgan fingerprint density at radius 1 is 1.12 bits per heavy atom. The molecular formula is C21H26N6O4S. The Labute approximate surface area is 186 Å². The highest BCUT2D eigenvalue weighted by Gasteiger charge is 2.18. The smallest absolute Gasteiger partial charge is 0.307 e. The Hall–Kier alpha value is -3.31. The Morgan fingerprint density at radius 2 is 1.81 bits per heavy atom. The maximum absolute atomic E-state index is 12.3. The first-order valence-corrected chi connectivity index (χ1v) is 11.8. The molecule has 0 bridgehead atoms. The van der Waals surface area contributed by atoms with Crippen LogP contribution in [-0.2, 0) is 14.8 Å². The number of unbranched alkanes of at least 4 members (excludes halogenated alkanes) is 1. The van der Waals surface area contributed by atoms with Gasteiger partial charge in [-0.25, -0.2) is 13.1 Å². The third-order valence-corrected chi connectivity index (χ3v) is 6.23. The number of carbonyl (C=O) groups is 1. The number of benzene rings is 2. The van der Waals surface area contributed by atoms with Crippen molar-refractivity contribution in [3.63, 3.8) is 0 Å². The first kappa shape index (κ1) is 23.4. The maximum Gasteiger partial charge on any atom is 0.307 e. The van der Waals surface area contributed by atoms with Crippen LogP contribution in [-0.4, -0.2) is 52.8 Å². The van der Waals surface area contributed by atoms with Crippen LogP contribution in [0.25, 0.3) is 17.1 Å². The SMILES string of the molecule is CCCCNc1ccc(-n2nnc(-c3ccc(S(=O)(=O)NCC(C)C(=O)O)cc3)n2)cc1. The summed E-state index contributed by atoms with van der Waals surface area (Å²) in [6.07, 6.45) is 2.23. The number of carboxylic acids is 1. The summed E-state index contributed by atoms with van der Waals surface area (Å²) in [5, 5.41) is 24.7. The number of hydrogen-bond donors (Lipinski definition) is 3. The van der Waals surface area contributed by atoms with Crippen LogP contribution in [0.5, 0.6) is 0 Å². The molecule has 1 heterocycles. The van der Waals surface area contributed by atoms with E-state index in [9.17, 15) is 13.2 Å². The van der Waals surface area contributed by atoms with E-state index in [1.807, 2.05) is 24.3 Å². The molecular weight excluding hydrogens is 432 g/mol. The van der Waals surface area contributed by atoms with E-state index in [1.165, 1.54) is 23.9 Å². The lowest BCUT2D eigenvalue weighted by atomic mass is 10.2. The molecule has 32 heavy (non-hydrogen) atoms. The minimum absolute atomic E-state index is 0.0254. The van der Waals surface area contributed by atoms with Gasteiger partial charge in [-0.05, 0) is 60.2 Å². The lowest BCUT2D eigenvalue weighted by Crippen LogP contribution is -2.31. The van der Waals surface area contributed by atoms with Crippen molar-refractivity contribution in [2.24, 2.45) is 5.92 Å². The van der Waals surface area contributed by atoms with Gasteiger partial charge in [-0.3, -0.25) is 4.79 Å². The van der Waals surface area contributed by atoms with E-state index in [-0.39, 0.29) is 11.4 Å². The number of carboxylic acid groups (broad SMARTS) is 1. The predicted octanol–water partition coefficient (Wildman–Crippen LogP) is 2.54. The zero-order chi connectivity index (χ0) is 23.1. The highest BCUT2D eigenvalue weighted by molar-refractivity contribution is 7.89. The van der Waals surface area contributed by atoms with E-state index in [4.69, 9.17) is 5.11 Å². The van der Waals surface area contributed by atoms with Gasteiger partial charge in [-0.2, -0.15) is 0 Å². The summed E-state index contributed by atoms with van der Waals surface area (Å²) in [6.45, 7) is 4.30. The molecule has 0 fully saturated rings. The van der Waals surface area contributed by atoms with Gasteiger partial charge in [0.05, 0.1) is 16.5 Å². The van der Waals surface area contributed by atoms with Crippen LogP contribution in [0.15, 0.2) is 53.4 Å². The molecule has 0 amide bonds. The van der Waals surface area contributed by atoms with Gasteiger partial charge < -0.3 is 10.4 Å². The van der Waals surface area contributed by atoms with Gasteiger partial charge in [0.15, 0.2) is 0 Å². The van der Waals surface area contributed by atoms with Gasteiger partial charge in [0, 0.05) is 24.3 Å². The molecule has 1 atom stereocenters. The van der Waals surface area contributed by atoms with Crippen molar-refractivity contribution in [1.82, 2.24) is 24.9 Å². The van der Waals surface area contributed by atoms with E-state index in [0.29, 0.717) is 11.4 Å². The Morgan fingerprint density at radius 3 is 2.44 bits per heavy atom. The number of aliphatic carboxylic acids is 1. The molecule has 1 unspecified atom stereocenters. The van der Waals surface area contributed by atoms with Crippen molar-refractivity contribution < 1.29 is 18.3 Å². The Bertz CT molecular complexity index is 1140. The van der Waals surface area contributed by atoms with E-state index < -0.39 is 21.9 Å². The predicted molar refractivity (Wildman–Crippen MR) is 120 cm³/mol. The van der Waals surface area contributed by atoms with E-state index in [0.717, 1.165) is 30.8 Å². The molecule has 3 aromatic rings. The highest BCUT2D eigenvalue weighted by Crippen LogP contribution is 2.19. The third kappa shape index (κ3) is 5.89. The topological polar surface area (TPSA) is 139 Å². The normalized spacial score (nSPS) is 12.4. The molecule has 0 aliphatic rings. The number of aromatic nitrogens is 4. The van der Waals surface area contributed by atoms with Crippen molar-refractivity contribution in [1.29, 1.82) is 0 Å². The fourth-order valence-electron chi connectivity index (χ4n) is 2.75. The number of tetrazole rings is 1. The van der Waals surface area contributed by atoms with Crippen LogP contribution in [0, 0.1) is 5.92 Å². The molecule has 0 spiro atoms. The maximum atomic E-state index is 12.3. The van der Waals surface area contributed by atoms with Crippen LogP contribution in [0.2, 0.25) is 0 Å². The van der Waals surface area contributed by atoms with Crippen LogP contribution in [0.4, 0.5) is 5.69 Å². The zero-order valence-corrected chi connectivity index (χ0v) is 18.7. The van der Waals surface area contributed by atoms with Crippen molar-refractivity contribution in [2.45, 2.75) is 31.6 Å². The average molecular weight is 459 g/mol. The van der Waals surface area contributed by atoms with Crippen LogP contribution in [0.3, 0.4) is 0 Å². The molecule has 11 heteroatoms. The summed E-state index contributed by atoms with van der Waals surface area (Å²) >= 11 is 0. The van der Waals surface area contributed by atoms with Crippen molar-refractivity contribution in [3.05, 3.63) is 48.5 Å². The fraction of sp³-hybridized carbons (Fsp3) is 0.333. The van der Waals surface area contributed by atoms with Crippen LogP contribution in [0.1, 0.15) is 26.7 Å². The lowest BCUT2D eigenvalue weighted by molar-refractivity contribution is -0.140. The standard InChI is InChI=1S/C21H26N6O4S/c1-3-4-13-22-17-7-9-18(10-8-17)27-25-20(24-26-27)16-5-11-19(12-6-16)32(30,31)23-14-15(2)21(28)29/h5-12,15,22-23H,3-4,13-14H2,1-2H3,(H,28,29). The van der Waals surface area contributed by atoms with Crippen molar-refractivity contribution in [2.75, 3.05) is 18.4 Å². The number of nitrogens with zero attached hydrogens (tertiary/aromatic N) is 4. The Kier molecular flexibility index (Phi) is 7.54. The molecule has 0 aliphatic carbocycles. The summed E-state index contributed by atoms with van der Waals surface area (Å²) in [5.41, 5.74) is 2.37. The second-order valence-corrected chi connectivity index (χ2v) is 9.11. The second kappa shape index (κ2) is 10.3. The molecule has 10 nitrogen and oxygen atoms in total. The highest BCUT2D eigenvalue weighted by atomic mass is 32.2. The second-order valence-electron chi connectivity index (χ2n) is 7.35. The number of anilines is 1. The first-order valence-electron chi connectivity index (χ1n) is 10.3. The largest absolute Gasteiger partial charge is 0.481 e. The quantitative estimate of drug-likeness (QED) is 0.373. The van der Waals surface area contributed by atoms with E-state index in [2.05, 4.69) is 32.4 Å². The molecule has 3 rings (SSSR count). The number of hydrogen-bond acceptors (Lipinski definition) is 7. The van der Waals surface area contributed by atoms with Gasteiger partial charge in [0.2, 0.25) is 15.8 Å². The average Bonchev–Trinajstić information content (AvgIpc) is 3.28. The van der Waals surface area contributed by atoms with Crippen LogP contribution < -0.4 is 10.0 Å². The monoisotopic (exact) mass is 458 g/mol. The van der Waals surface area contributed by atoms with Gasteiger partial charge in [0.1, 0.15) is 0 Å².